The lowest BCUT2D eigenvalue weighted by atomic mass is 10.2. The second-order valence-electron chi connectivity index (χ2n) is 4.91. The van der Waals surface area contributed by atoms with E-state index in [9.17, 15) is 9.59 Å². The molecule has 0 fully saturated rings. The predicted molar refractivity (Wildman–Crippen MR) is 96.2 cm³/mol. The number of carbonyl (C=O) groups is 2. The maximum absolute atomic E-state index is 11.8. The van der Waals surface area contributed by atoms with E-state index in [1.54, 1.807) is 30.3 Å². The third-order valence-electron chi connectivity index (χ3n) is 3.06. The van der Waals surface area contributed by atoms with Crippen molar-refractivity contribution in [2.45, 2.75) is 6.10 Å². The lowest BCUT2D eigenvalue weighted by Crippen LogP contribution is -2.27. The van der Waals surface area contributed by atoms with Gasteiger partial charge in [-0.3, -0.25) is 4.79 Å². The fraction of sp³-hybridized carbons (Fsp3) is 0.105. The Morgan fingerprint density at radius 2 is 1.85 bits per heavy atom. The minimum absolute atomic E-state index is 0.489. The molecule has 0 N–H and O–H groups in total. The van der Waals surface area contributed by atoms with Gasteiger partial charge in [0.15, 0.2) is 0 Å². The van der Waals surface area contributed by atoms with Crippen molar-refractivity contribution < 1.29 is 23.9 Å². The van der Waals surface area contributed by atoms with Gasteiger partial charge in [0.1, 0.15) is 11.9 Å². The summed E-state index contributed by atoms with van der Waals surface area (Å²) in [5.74, 6) is -1.67. The number of rotatable bonds is 6. The van der Waals surface area contributed by atoms with Crippen LogP contribution < -0.4 is 0 Å². The van der Waals surface area contributed by atoms with Crippen LogP contribution in [0.15, 0.2) is 65.8 Å². The Morgan fingerprint density at radius 1 is 1.15 bits per heavy atom. The van der Waals surface area contributed by atoms with Crippen LogP contribution in [-0.2, 0) is 19.1 Å². The molecular formula is C19H15ClN2O4. The number of hydrogen-bond donors (Lipinski definition) is 0. The number of benzene rings is 2. The van der Waals surface area contributed by atoms with Gasteiger partial charge >= 0.3 is 5.97 Å². The molecule has 0 saturated carbocycles. The van der Waals surface area contributed by atoms with Gasteiger partial charge in [0, 0.05) is 5.02 Å². The van der Waals surface area contributed by atoms with E-state index in [2.05, 4.69) is 20.9 Å². The minimum Gasteiger partial charge on any atom is -0.466 e. The summed E-state index contributed by atoms with van der Waals surface area (Å²) in [7, 11) is 1.20. The summed E-state index contributed by atoms with van der Waals surface area (Å²) in [6.45, 7) is 0. The highest BCUT2D eigenvalue weighted by Gasteiger charge is 2.18. The molecule has 0 aliphatic rings. The van der Waals surface area contributed by atoms with Crippen molar-refractivity contribution in [1.82, 2.24) is 0 Å². The lowest BCUT2D eigenvalue weighted by Gasteiger charge is -2.11. The second-order valence-corrected chi connectivity index (χ2v) is 5.34. The molecule has 7 heteroatoms. The Balaban J connectivity index is 2.03. The molecule has 0 aliphatic carbocycles. The van der Waals surface area contributed by atoms with E-state index in [-0.39, 0.29) is 0 Å². The van der Waals surface area contributed by atoms with Gasteiger partial charge in [-0.2, -0.15) is 0 Å². The predicted octanol–water partition coefficient (Wildman–Crippen LogP) is 3.38. The van der Waals surface area contributed by atoms with Crippen LogP contribution in [0.4, 0.5) is 5.69 Å². The Kier molecular flexibility index (Phi) is 7.31. The number of halogens is 1. The summed E-state index contributed by atoms with van der Waals surface area (Å²) in [6.07, 6.45) is 3.92. The van der Waals surface area contributed by atoms with Crippen LogP contribution in [0.1, 0.15) is 5.56 Å². The van der Waals surface area contributed by atoms with Crippen LogP contribution in [0, 0.1) is 0 Å². The van der Waals surface area contributed by atoms with Crippen LogP contribution in [0.2, 0.25) is 5.02 Å². The molecule has 2 rings (SSSR count). The summed E-state index contributed by atoms with van der Waals surface area (Å²) in [5, 5.41) is 4.33. The molecule has 0 heterocycles. The fourth-order valence-corrected chi connectivity index (χ4v) is 1.94. The van der Waals surface area contributed by atoms with E-state index in [4.69, 9.17) is 16.3 Å². The first-order valence-corrected chi connectivity index (χ1v) is 7.90. The highest BCUT2D eigenvalue weighted by atomic mass is 35.5. The topological polar surface area (TPSA) is 79.1 Å². The SMILES string of the molecule is COC(=O)C(/C=C/c1ccccc1)OC(=O)[C-]=[N+]=Nc1ccc(Cl)cc1. The minimum atomic E-state index is -1.22. The van der Waals surface area contributed by atoms with Crippen LogP contribution in [0.5, 0.6) is 0 Å². The number of nitrogens with zero attached hydrogens (tertiary/aromatic N) is 2. The quantitative estimate of drug-likeness (QED) is 0.257. The normalized spacial score (nSPS) is 11.3. The molecule has 6 nitrogen and oxygen atoms in total. The lowest BCUT2D eigenvalue weighted by molar-refractivity contribution is -0.160. The van der Waals surface area contributed by atoms with Crippen LogP contribution in [0.25, 0.3) is 6.08 Å². The molecule has 0 aromatic heterocycles. The average Bonchev–Trinajstić information content (AvgIpc) is 2.67. The van der Waals surface area contributed by atoms with Gasteiger partial charge in [-0.05, 0) is 35.9 Å². The summed E-state index contributed by atoms with van der Waals surface area (Å²) in [4.78, 5) is 27.0. The van der Waals surface area contributed by atoms with E-state index >= 15 is 0 Å². The van der Waals surface area contributed by atoms with Crippen molar-refractivity contribution in [2.75, 3.05) is 7.11 Å². The smallest absolute Gasteiger partial charge is 0.351 e. The Morgan fingerprint density at radius 3 is 2.50 bits per heavy atom. The molecule has 0 aliphatic heterocycles. The Labute approximate surface area is 155 Å². The van der Waals surface area contributed by atoms with Crippen LogP contribution >= 0.6 is 11.6 Å². The summed E-state index contributed by atoms with van der Waals surface area (Å²) in [5.41, 5.74) is 1.33. The van der Waals surface area contributed by atoms with Gasteiger partial charge in [-0.25, -0.2) is 4.79 Å². The second kappa shape index (κ2) is 9.93. The van der Waals surface area contributed by atoms with Crippen molar-refractivity contribution in [3.05, 3.63) is 71.3 Å². The first kappa shape index (κ1) is 19.1. The maximum Gasteiger partial charge on any atom is 0.351 e. The van der Waals surface area contributed by atoms with Gasteiger partial charge < -0.3 is 9.47 Å². The Bertz CT molecular complexity index is 842. The van der Waals surface area contributed by atoms with E-state index in [1.165, 1.54) is 13.2 Å². The number of ether oxygens (including phenoxy) is 2. The summed E-state index contributed by atoms with van der Waals surface area (Å²) >= 11 is 5.76. The molecule has 2 aromatic rings. The zero-order valence-electron chi connectivity index (χ0n) is 13.8. The molecular weight excluding hydrogens is 356 g/mol. The van der Waals surface area contributed by atoms with Gasteiger partial charge in [0.25, 0.3) is 0 Å². The summed E-state index contributed by atoms with van der Waals surface area (Å²) in [6, 6.07) is 15.7. The third-order valence-corrected chi connectivity index (χ3v) is 3.32. The van der Waals surface area contributed by atoms with Crippen molar-refractivity contribution in [2.24, 2.45) is 5.11 Å². The number of esters is 2. The van der Waals surface area contributed by atoms with Crippen molar-refractivity contribution in [1.29, 1.82) is 0 Å². The van der Waals surface area contributed by atoms with E-state index in [0.29, 0.717) is 10.7 Å². The zero-order valence-corrected chi connectivity index (χ0v) is 14.6. The van der Waals surface area contributed by atoms with Crippen LogP contribution in [-0.4, -0.2) is 36.2 Å². The van der Waals surface area contributed by atoms with Crippen LogP contribution in [0.3, 0.4) is 0 Å². The molecule has 0 saturated heterocycles. The molecule has 0 spiro atoms. The largest absolute Gasteiger partial charge is 0.466 e. The van der Waals surface area contributed by atoms with E-state index < -0.39 is 18.0 Å². The number of hydrogen-bond acceptors (Lipinski definition) is 5. The molecule has 132 valence electrons. The van der Waals surface area contributed by atoms with Crippen molar-refractivity contribution in [3.63, 3.8) is 0 Å². The highest BCUT2D eigenvalue weighted by Crippen LogP contribution is 2.15. The average molecular weight is 371 g/mol. The highest BCUT2D eigenvalue weighted by molar-refractivity contribution is 6.30. The van der Waals surface area contributed by atoms with Crippen molar-refractivity contribution in [3.8, 4) is 0 Å². The first-order chi connectivity index (χ1) is 12.6. The zero-order chi connectivity index (χ0) is 18.8. The van der Waals surface area contributed by atoms with Gasteiger partial charge in [-0.15, -0.1) is 4.79 Å². The number of carbonyl (C=O) groups excluding carboxylic acids is 2. The van der Waals surface area contributed by atoms with E-state index in [1.807, 2.05) is 30.3 Å². The summed E-state index contributed by atoms with van der Waals surface area (Å²) < 4.78 is 9.62. The maximum atomic E-state index is 11.8. The molecule has 2 aromatic carbocycles. The molecule has 1 atom stereocenters. The number of methoxy groups -OCH3 is 1. The monoisotopic (exact) mass is 370 g/mol. The molecule has 0 radical (unpaired) electrons. The standard InChI is InChI=1S/C19H15ClN2O4/c1-25-19(24)17(12-7-14-5-3-2-4-6-14)26-18(23)13-21-22-16-10-8-15(20)9-11-16/h2-12,17H,1H3/b12-7+. The molecule has 1 unspecified atom stereocenters. The molecule has 26 heavy (non-hydrogen) atoms. The Hall–Kier alpha value is -3.21. The first-order valence-electron chi connectivity index (χ1n) is 7.52. The fourth-order valence-electron chi connectivity index (χ4n) is 1.82. The molecule has 0 bridgehead atoms. The van der Waals surface area contributed by atoms with E-state index in [0.717, 1.165) is 5.56 Å². The molecule has 0 amide bonds. The van der Waals surface area contributed by atoms with Crippen molar-refractivity contribution >= 4 is 41.5 Å². The van der Waals surface area contributed by atoms with Gasteiger partial charge in [0.05, 0.1) is 12.2 Å². The van der Waals surface area contributed by atoms with Gasteiger partial charge in [0.2, 0.25) is 12.1 Å². The third kappa shape index (κ3) is 6.36. The van der Waals surface area contributed by atoms with Gasteiger partial charge in [-0.1, -0.05) is 48.0 Å².